The van der Waals surface area contributed by atoms with Crippen LogP contribution in [0.5, 0.6) is 0 Å². The molecule has 0 unspecified atom stereocenters. The molecule has 1 heterocycles. The molecule has 0 radical (unpaired) electrons. The third-order valence-electron chi connectivity index (χ3n) is 3.34. The van der Waals surface area contributed by atoms with Crippen molar-refractivity contribution in [2.75, 3.05) is 12.4 Å². The third kappa shape index (κ3) is 3.41. The highest BCUT2D eigenvalue weighted by atomic mass is 16.5. The first-order chi connectivity index (χ1) is 9.10. The predicted octanol–water partition coefficient (Wildman–Crippen LogP) is 1.60. The number of aromatic nitrogens is 2. The van der Waals surface area contributed by atoms with Crippen molar-refractivity contribution in [3.05, 3.63) is 17.6 Å². The Labute approximate surface area is 112 Å². The number of nitrogens with one attached hydrogen (secondary N) is 1. The van der Waals surface area contributed by atoms with E-state index in [1.165, 1.54) is 0 Å². The highest BCUT2D eigenvalue weighted by Crippen LogP contribution is 2.28. The Hall–Kier alpha value is -1.69. The van der Waals surface area contributed by atoms with Crippen LogP contribution in [-0.2, 0) is 16.1 Å². The summed E-state index contributed by atoms with van der Waals surface area (Å²) in [5.41, 5.74) is 0.842. The molecule has 2 atom stereocenters. The number of hydrogen-bond acceptors (Lipinski definition) is 5. The lowest BCUT2D eigenvalue weighted by Crippen LogP contribution is -2.30. The predicted molar refractivity (Wildman–Crippen MR) is 69.9 cm³/mol. The SMILES string of the molecule is COCc1nc(C)cc(N[C@@H]2CCC[C@@H]2C(=O)O)n1. The molecule has 104 valence electrons. The fourth-order valence-corrected chi connectivity index (χ4v) is 2.52. The first kappa shape index (κ1) is 13.7. The van der Waals surface area contributed by atoms with E-state index in [2.05, 4.69) is 15.3 Å². The molecule has 1 aromatic heterocycles. The molecule has 0 bridgehead atoms. The maximum atomic E-state index is 11.1. The molecule has 19 heavy (non-hydrogen) atoms. The summed E-state index contributed by atoms with van der Waals surface area (Å²) in [5, 5.41) is 12.4. The van der Waals surface area contributed by atoms with Gasteiger partial charge in [-0.2, -0.15) is 0 Å². The van der Waals surface area contributed by atoms with E-state index in [0.717, 1.165) is 25.0 Å². The van der Waals surface area contributed by atoms with Crippen molar-refractivity contribution in [1.29, 1.82) is 0 Å². The van der Waals surface area contributed by atoms with Crippen LogP contribution in [0.25, 0.3) is 0 Å². The highest BCUT2D eigenvalue weighted by Gasteiger charge is 2.33. The van der Waals surface area contributed by atoms with Crippen molar-refractivity contribution in [2.24, 2.45) is 5.92 Å². The van der Waals surface area contributed by atoms with Crippen LogP contribution in [0.3, 0.4) is 0 Å². The molecule has 0 aromatic carbocycles. The van der Waals surface area contributed by atoms with Crippen LogP contribution in [0.2, 0.25) is 0 Å². The van der Waals surface area contributed by atoms with Gasteiger partial charge < -0.3 is 15.2 Å². The smallest absolute Gasteiger partial charge is 0.308 e. The second-order valence-corrected chi connectivity index (χ2v) is 4.87. The zero-order valence-electron chi connectivity index (χ0n) is 11.2. The minimum atomic E-state index is -0.738. The quantitative estimate of drug-likeness (QED) is 0.841. The zero-order chi connectivity index (χ0) is 13.8. The fourth-order valence-electron chi connectivity index (χ4n) is 2.52. The monoisotopic (exact) mass is 265 g/mol. The van der Waals surface area contributed by atoms with E-state index >= 15 is 0 Å². The fraction of sp³-hybridized carbons (Fsp3) is 0.615. The van der Waals surface area contributed by atoms with Gasteiger partial charge in [0.25, 0.3) is 0 Å². The Morgan fingerprint density at radius 1 is 1.53 bits per heavy atom. The number of carboxylic acid groups (broad SMARTS) is 1. The molecule has 0 amide bonds. The van der Waals surface area contributed by atoms with Gasteiger partial charge in [-0.25, -0.2) is 9.97 Å². The lowest BCUT2D eigenvalue weighted by Gasteiger charge is -2.18. The Kier molecular flexibility index (Phi) is 4.31. The van der Waals surface area contributed by atoms with Gasteiger partial charge in [0.1, 0.15) is 12.4 Å². The first-order valence-corrected chi connectivity index (χ1v) is 6.43. The van der Waals surface area contributed by atoms with Crippen molar-refractivity contribution < 1.29 is 14.6 Å². The number of methoxy groups -OCH3 is 1. The minimum absolute atomic E-state index is 0.0535. The molecular weight excluding hydrogens is 246 g/mol. The van der Waals surface area contributed by atoms with Gasteiger partial charge in [0.05, 0.1) is 5.92 Å². The van der Waals surface area contributed by atoms with Gasteiger partial charge in [-0.3, -0.25) is 4.79 Å². The first-order valence-electron chi connectivity index (χ1n) is 6.43. The highest BCUT2D eigenvalue weighted by molar-refractivity contribution is 5.72. The summed E-state index contributed by atoms with van der Waals surface area (Å²) in [6, 6.07) is 1.78. The normalized spacial score (nSPS) is 22.4. The Bertz CT molecular complexity index is 464. The van der Waals surface area contributed by atoms with E-state index in [4.69, 9.17) is 9.84 Å². The summed E-state index contributed by atoms with van der Waals surface area (Å²) in [4.78, 5) is 19.7. The number of aryl methyl sites for hydroxylation is 1. The van der Waals surface area contributed by atoms with Gasteiger partial charge in [0.15, 0.2) is 5.82 Å². The summed E-state index contributed by atoms with van der Waals surface area (Å²) in [6.07, 6.45) is 2.52. The van der Waals surface area contributed by atoms with E-state index < -0.39 is 5.97 Å². The van der Waals surface area contributed by atoms with Crippen LogP contribution in [-0.4, -0.2) is 34.2 Å². The van der Waals surface area contributed by atoms with Crippen LogP contribution in [0.1, 0.15) is 30.8 Å². The average molecular weight is 265 g/mol. The number of ether oxygens (including phenoxy) is 1. The summed E-state index contributed by atoms with van der Waals surface area (Å²) in [6.45, 7) is 2.23. The second kappa shape index (κ2) is 5.97. The van der Waals surface area contributed by atoms with Crippen molar-refractivity contribution in [1.82, 2.24) is 9.97 Å². The second-order valence-electron chi connectivity index (χ2n) is 4.87. The number of anilines is 1. The van der Waals surface area contributed by atoms with Crippen LogP contribution < -0.4 is 5.32 Å². The van der Waals surface area contributed by atoms with Crippen molar-refractivity contribution in [3.8, 4) is 0 Å². The summed E-state index contributed by atoms with van der Waals surface area (Å²) in [5.74, 6) is 0.214. The molecule has 1 fully saturated rings. The van der Waals surface area contributed by atoms with Crippen molar-refractivity contribution in [2.45, 2.75) is 38.8 Å². The largest absolute Gasteiger partial charge is 0.481 e. The Morgan fingerprint density at radius 3 is 3.00 bits per heavy atom. The zero-order valence-corrected chi connectivity index (χ0v) is 11.2. The maximum absolute atomic E-state index is 11.1. The van der Waals surface area contributed by atoms with Gasteiger partial charge >= 0.3 is 5.97 Å². The van der Waals surface area contributed by atoms with Crippen LogP contribution >= 0.6 is 0 Å². The molecule has 0 aliphatic heterocycles. The van der Waals surface area contributed by atoms with Gasteiger partial charge in [-0.15, -0.1) is 0 Å². The molecule has 2 rings (SSSR count). The molecule has 6 heteroatoms. The van der Waals surface area contributed by atoms with E-state index in [9.17, 15) is 4.79 Å². The van der Waals surface area contributed by atoms with Gasteiger partial charge in [-0.1, -0.05) is 6.42 Å². The third-order valence-corrected chi connectivity index (χ3v) is 3.34. The maximum Gasteiger partial charge on any atom is 0.308 e. The van der Waals surface area contributed by atoms with E-state index in [0.29, 0.717) is 18.2 Å². The number of hydrogen-bond donors (Lipinski definition) is 2. The molecule has 2 N–H and O–H groups in total. The standard InChI is InChI=1S/C13H19N3O3/c1-8-6-11(16-12(14-8)7-19-2)15-10-5-3-4-9(10)13(17)18/h6,9-10H,3-5,7H2,1-2H3,(H,17,18)(H,14,15,16)/t9-,10+/m0/s1. The van der Waals surface area contributed by atoms with E-state index in [1.54, 1.807) is 7.11 Å². The molecule has 1 saturated carbocycles. The van der Waals surface area contributed by atoms with Crippen molar-refractivity contribution >= 4 is 11.8 Å². The number of carbonyl (C=O) groups is 1. The molecule has 1 aromatic rings. The summed E-state index contributed by atoms with van der Waals surface area (Å²) < 4.78 is 5.02. The van der Waals surface area contributed by atoms with Crippen LogP contribution in [0.4, 0.5) is 5.82 Å². The number of carboxylic acids is 1. The molecule has 0 spiro atoms. The molecule has 0 saturated heterocycles. The van der Waals surface area contributed by atoms with E-state index in [-0.39, 0.29) is 12.0 Å². The van der Waals surface area contributed by atoms with Crippen LogP contribution in [0.15, 0.2) is 6.07 Å². The molecule has 6 nitrogen and oxygen atoms in total. The Balaban J connectivity index is 2.12. The molecule has 1 aliphatic carbocycles. The number of rotatable bonds is 5. The van der Waals surface area contributed by atoms with Gasteiger partial charge in [-0.05, 0) is 19.8 Å². The lowest BCUT2D eigenvalue weighted by atomic mass is 10.0. The van der Waals surface area contributed by atoms with Gasteiger partial charge in [0.2, 0.25) is 0 Å². The van der Waals surface area contributed by atoms with E-state index in [1.807, 2.05) is 13.0 Å². The average Bonchev–Trinajstić information content (AvgIpc) is 2.76. The molecular formula is C13H19N3O3. The number of nitrogens with zero attached hydrogens (tertiary/aromatic N) is 2. The summed E-state index contributed by atoms with van der Waals surface area (Å²) >= 11 is 0. The topological polar surface area (TPSA) is 84.3 Å². The van der Waals surface area contributed by atoms with Crippen molar-refractivity contribution in [3.63, 3.8) is 0 Å². The molecule has 1 aliphatic rings. The lowest BCUT2D eigenvalue weighted by molar-refractivity contribution is -0.141. The minimum Gasteiger partial charge on any atom is -0.481 e. The van der Waals surface area contributed by atoms with Crippen LogP contribution in [0, 0.1) is 12.8 Å². The summed E-state index contributed by atoms with van der Waals surface area (Å²) in [7, 11) is 1.59. The number of aliphatic carboxylic acids is 1. The van der Waals surface area contributed by atoms with Gasteiger partial charge in [0, 0.05) is 24.9 Å². The Morgan fingerprint density at radius 2 is 2.32 bits per heavy atom.